The molecule has 0 aliphatic carbocycles. The van der Waals surface area contributed by atoms with E-state index in [0.29, 0.717) is 5.41 Å². The molecule has 0 heterocycles. The van der Waals surface area contributed by atoms with E-state index in [1.165, 1.54) is 0 Å². The van der Waals surface area contributed by atoms with Crippen LogP contribution in [0.4, 0.5) is 0 Å². The van der Waals surface area contributed by atoms with Gasteiger partial charge in [0.25, 0.3) is 0 Å². The summed E-state index contributed by atoms with van der Waals surface area (Å²) < 4.78 is 0. The minimum atomic E-state index is -0.698. The maximum atomic E-state index is 10.2. The molecule has 0 aromatic carbocycles. The number of carboxylic acid groups (broad SMARTS) is 1. The van der Waals surface area contributed by atoms with E-state index in [-0.39, 0.29) is 6.42 Å². The zero-order valence-electron chi connectivity index (χ0n) is 8.89. The third-order valence-electron chi connectivity index (χ3n) is 1.65. The zero-order valence-corrected chi connectivity index (χ0v) is 8.89. The molecule has 0 spiro atoms. The van der Waals surface area contributed by atoms with Crippen molar-refractivity contribution in [1.82, 2.24) is 5.32 Å². The van der Waals surface area contributed by atoms with Gasteiger partial charge in [-0.25, -0.2) is 0 Å². The third-order valence-corrected chi connectivity index (χ3v) is 1.65. The summed E-state index contributed by atoms with van der Waals surface area (Å²) in [4.78, 5) is 10.2. The largest absolute Gasteiger partial charge is 0.481 e. The van der Waals surface area contributed by atoms with E-state index in [1.54, 1.807) is 0 Å². The molecule has 0 rings (SSSR count). The second kappa shape index (κ2) is 5.97. The van der Waals surface area contributed by atoms with Crippen molar-refractivity contribution in [1.29, 1.82) is 0 Å². The molecule has 3 heteroatoms. The standard InChI is InChI=1S/C10H21NO2/c1-10(2,3)8-11-7-5-4-6-9(12)13/h11H,4-8H2,1-3H3,(H,12,13). The second-order valence-electron chi connectivity index (χ2n) is 4.59. The van der Waals surface area contributed by atoms with Gasteiger partial charge in [-0.15, -0.1) is 0 Å². The Bertz CT molecular complexity index is 149. The zero-order chi connectivity index (χ0) is 10.3. The molecule has 3 nitrogen and oxygen atoms in total. The van der Waals surface area contributed by atoms with Crippen molar-refractivity contribution in [2.24, 2.45) is 5.41 Å². The summed E-state index contributed by atoms with van der Waals surface area (Å²) in [6.07, 6.45) is 2.01. The summed E-state index contributed by atoms with van der Waals surface area (Å²) >= 11 is 0. The molecule has 0 aromatic rings. The van der Waals surface area contributed by atoms with Crippen LogP contribution in [-0.4, -0.2) is 24.2 Å². The highest BCUT2D eigenvalue weighted by Crippen LogP contribution is 2.10. The molecule has 0 unspecified atom stereocenters. The summed E-state index contributed by atoms with van der Waals surface area (Å²) in [6, 6.07) is 0. The molecule has 0 bridgehead atoms. The first-order chi connectivity index (χ1) is 5.92. The van der Waals surface area contributed by atoms with Gasteiger partial charge in [-0.1, -0.05) is 20.8 Å². The Kier molecular flexibility index (Phi) is 5.71. The molecule has 2 N–H and O–H groups in total. The van der Waals surface area contributed by atoms with Gasteiger partial charge >= 0.3 is 5.97 Å². The van der Waals surface area contributed by atoms with E-state index in [4.69, 9.17) is 5.11 Å². The van der Waals surface area contributed by atoms with Gasteiger partial charge in [-0.2, -0.15) is 0 Å². The maximum absolute atomic E-state index is 10.2. The average Bonchev–Trinajstić information content (AvgIpc) is 1.93. The monoisotopic (exact) mass is 187 g/mol. The van der Waals surface area contributed by atoms with E-state index >= 15 is 0 Å². The first-order valence-corrected chi connectivity index (χ1v) is 4.84. The van der Waals surface area contributed by atoms with Crippen LogP contribution >= 0.6 is 0 Å². The number of carbonyl (C=O) groups is 1. The topological polar surface area (TPSA) is 49.3 Å². The summed E-state index contributed by atoms with van der Waals surface area (Å²) in [5.74, 6) is -0.698. The number of carboxylic acids is 1. The Labute approximate surface area is 80.5 Å². The van der Waals surface area contributed by atoms with Crippen molar-refractivity contribution in [2.75, 3.05) is 13.1 Å². The summed E-state index contributed by atoms with van der Waals surface area (Å²) in [7, 11) is 0. The van der Waals surface area contributed by atoms with Gasteiger partial charge in [0.1, 0.15) is 0 Å². The number of unbranched alkanes of at least 4 members (excludes halogenated alkanes) is 1. The first kappa shape index (κ1) is 12.4. The molecular formula is C10H21NO2. The van der Waals surface area contributed by atoms with E-state index in [2.05, 4.69) is 26.1 Å². The normalized spacial score (nSPS) is 11.6. The highest BCUT2D eigenvalue weighted by molar-refractivity contribution is 5.66. The van der Waals surface area contributed by atoms with Gasteiger partial charge < -0.3 is 10.4 Å². The quantitative estimate of drug-likeness (QED) is 0.624. The van der Waals surface area contributed by atoms with Crippen LogP contribution in [-0.2, 0) is 4.79 Å². The van der Waals surface area contributed by atoms with Crippen LogP contribution < -0.4 is 5.32 Å². The van der Waals surface area contributed by atoms with Crippen molar-refractivity contribution in [3.63, 3.8) is 0 Å². The predicted octanol–water partition coefficient (Wildman–Crippen LogP) is 1.88. The van der Waals surface area contributed by atoms with Crippen molar-refractivity contribution < 1.29 is 9.90 Å². The van der Waals surface area contributed by atoms with E-state index in [9.17, 15) is 4.79 Å². The average molecular weight is 187 g/mol. The fourth-order valence-corrected chi connectivity index (χ4v) is 0.990. The van der Waals surface area contributed by atoms with Crippen molar-refractivity contribution in [2.45, 2.75) is 40.0 Å². The molecule has 0 saturated carbocycles. The van der Waals surface area contributed by atoms with E-state index in [1.807, 2.05) is 0 Å². The molecule has 13 heavy (non-hydrogen) atoms. The lowest BCUT2D eigenvalue weighted by Crippen LogP contribution is -2.27. The minimum Gasteiger partial charge on any atom is -0.481 e. The Morgan fingerprint density at radius 2 is 1.92 bits per heavy atom. The molecule has 0 atom stereocenters. The lowest BCUT2D eigenvalue weighted by atomic mass is 9.97. The van der Waals surface area contributed by atoms with Gasteiger partial charge in [-0.3, -0.25) is 4.79 Å². The molecule has 78 valence electrons. The highest BCUT2D eigenvalue weighted by atomic mass is 16.4. The SMILES string of the molecule is CC(C)(C)CNCCCCC(=O)O. The number of nitrogens with one attached hydrogen (secondary N) is 1. The molecule has 0 aromatic heterocycles. The Morgan fingerprint density at radius 1 is 1.31 bits per heavy atom. The molecular weight excluding hydrogens is 166 g/mol. The Morgan fingerprint density at radius 3 is 2.38 bits per heavy atom. The smallest absolute Gasteiger partial charge is 0.303 e. The third kappa shape index (κ3) is 11.4. The number of hydrogen-bond acceptors (Lipinski definition) is 2. The van der Waals surface area contributed by atoms with Crippen LogP contribution in [0.15, 0.2) is 0 Å². The fourth-order valence-electron chi connectivity index (χ4n) is 0.990. The lowest BCUT2D eigenvalue weighted by molar-refractivity contribution is -0.137. The molecule has 0 radical (unpaired) electrons. The summed E-state index contributed by atoms with van der Waals surface area (Å²) in [6.45, 7) is 8.44. The van der Waals surface area contributed by atoms with Gasteiger partial charge in [0, 0.05) is 6.42 Å². The van der Waals surface area contributed by atoms with Crippen molar-refractivity contribution in [3.8, 4) is 0 Å². The van der Waals surface area contributed by atoms with Gasteiger partial charge in [0.2, 0.25) is 0 Å². The second-order valence-corrected chi connectivity index (χ2v) is 4.59. The molecule has 0 aliphatic rings. The van der Waals surface area contributed by atoms with Crippen LogP contribution in [0, 0.1) is 5.41 Å². The van der Waals surface area contributed by atoms with Crippen LogP contribution in [0.5, 0.6) is 0 Å². The van der Waals surface area contributed by atoms with E-state index < -0.39 is 5.97 Å². The van der Waals surface area contributed by atoms with E-state index in [0.717, 1.165) is 25.9 Å². The Hall–Kier alpha value is -0.570. The van der Waals surface area contributed by atoms with Crippen LogP contribution in [0.2, 0.25) is 0 Å². The maximum Gasteiger partial charge on any atom is 0.303 e. The van der Waals surface area contributed by atoms with Gasteiger partial charge in [-0.05, 0) is 31.3 Å². The Balaban J connectivity index is 3.13. The minimum absolute atomic E-state index is 0.289. The van der Waals surface area contributed by atoms with Crippen molar-refractivity contribution in [3.05, 3.63) is 0 Å². The fraction of sp³-hybridized carbons (Fsp3) is 0.900. The number of rotatable bonds is 6. The predicted molar refractivity (Wildman–Crippen MR) is 53.8 cm³/mol. The lowest BCUT2D eigenvalue weighted by Gasteiger charge is -2.18. The molecule has 0 amide bonds. The summed E-state index contributed by atoms with van der Waals surface area (Å²) in [5.41, 5.74) is 0.312. The first-order valence-electron chi connectivity index (χ1n) is 4.84. The van der Waals surface area contributed by atoms with Gasteiger partial charge in [0.05, 0.1) is 0 Å². The number of hydrogen-bond donors (Lipinski definition) is 2. The van der Waals surface area contributed by atoms with Gasteiger partial charge in [0.15, 0.2) is 0 Å². The molecule has 0 aliphatic heterocycles. The van der Waals surface area contributed by atoms with Crippen molar-refractivity contribution >= 4 is 5.97 Å². The van der Waals surface area contributed by atoms with Crippen LogP contribution in [0.1, 0.15) is 40.0 Å². The molecule has 0 saturated heterocycles. The molecule has 0 fully saturated rings. The number of aliphatic carboxylic acids is 1. The summed E-state index contributed by atoms with van der Waals surface area (Å²) in [5, 5.41) is 11.7. The van der Waals surface area contributed by atoms with Crippen LogP contribution in [0.25, 0.3) is 0 Å². The highest BCUT2D eigenvalue weighted by Gasteiger charge is 2.08. The van der Waals surface area contributed by atoms with Crippen LogP contribution in [0.3, 0.4) is 0 Å².